The van der Waals surface area contributed by atoms with Crippen molar-refractivity contribution in [1.82, 2.24) is 15.3 Å². The second-order valence-electron chi connectivity index (χ2n) is 6.01. The van der Waals surface area contributed by atoms with Gasteiger partial charge in [0.25, 0.3) is 0 Å². The first-order chi connectivity index (χ1) is 12.2. The second-order valence-corrected chi connectivity index (χ2v) is 7.01. The third-order valence-electron chi connectivity index (χ3n) is 4.32. The summed E-state index contributed by atoms with van der Waals surface area (Å²) in [6, 6.07) is 9.69. The van der Waals surface area contributed by atoms with Crippen molar-refractivity contribution in [1.29, 1.82) is 0 Å². The summed E-state index contributed by atoms with van der Waals surface area (Å²) >= 11 is 1.63. The Morgan fingerprint density at radius 2 is 2.12 bits per heavy atom. The van der Waals surface area contributed by atoms with E-state index in [2.05, 4.69) is 20.2 Å². The number of carbonyl (C=O) groups excluding carboxylic acids is 1. The van der Waals surface area contributed by atoms with Crippen molar-refractivity contribution in [2.24, 2.45) is 5.92 Å². The minimum absolute atomic E-state index is 0.0170. The first-order valence-corrected chi connectivity index (χ1v) is 8.91. The summed E-state index contributed by atoms with van der Waals surface area (Å²) < 4.78 is 6.35. The number of thiazole rings is 1. The molecule has 0 unspecified atom stereocenters. The Balaban J connectivity index is 1.34. The van der Waals surface area contributed by atoms with Gasteiger partial charge in [0.2, 0.25) is 5.91 Å². The number of benzene rings is 1. The summed E-state index contributed by atoms with van der Waals surface area (Å²) in [4.78, 5) is 23.0. The number of ether oxygens (including phenoxy) is 1. The average Bonchev–Trinajstić information content (AvgIpc) is 3.02. The Labute approximate surface area is 149 Å². The van der Waals surface area contributed by atoms with E-state index in [1.54, 1.807) is 30.8 Å². The molecular formula is C18H18N4O2S. The predicted molar refractivity (Wildman–Crippen MR) is 98.0 cm³/mol. The van der Waals surface area contributed by atoms with E-state index in [9.17, 15) is 4.79 Å². The molecule has 3 heterocycles. The highest BCUT2D eigenvalue weighted by molar-refractivity contribution is 7.22. The summed E-state index contributed by atoms with van der Waals surface area (Å²) in [6.45, 7) is 1.96. The number of amides is 1. The summed E-state index contributed by atoms with van der Waals surface area (Å²) in [5.74, 6) is 0.943. The van der Waals surface area contributed by atoms with Crippen LogP contribution in [0.1, 0.15) is 5.56 Å². The smallest absolute Gasteiger partial charge is 0.226 e. The molecule has 25 heavy (non-hydrogen) atoms. The van der Waals surface area contributed by atoms with Crippen molar-refractivity contribution in [3.05, 3.63) is 48.3 Å². The highest BCUT2D eigenvalue weighted by atomic mass is 32.1. The van der Waals surface area contributed by atoms with Crippen LogP contribution in [0, 0.1) is 5.92 Å². The normalized spacial score (nSPS) is 14.4. The minimum atomic E-state index is 0.0170. The van der Waals surface area contributed by atoms with Crippen LogP contribution in [-0.4, -0.2) is 36.1 Å². The molecule has 3 aromatic rings. The van der Waals surface area contributed by atoms with Crippen LogP contribution in [0.2, 0.25) is 0 Å². The molecule has 1 saturated heterocycles. The summed E-state index contributed by atoms with van der Waals surface area (Å²) in [6.07, 6.45) is 3.46. The largest absolute Gasteiger partial charge is 0.497 e. The first-order valence-electron chi connectivity index (χ1n) is 8.09. The number of nitrogens with zero attached hydrogens (tertiary/aromatic N) is 3. The number of hydrogen-bond acceptors (Lipinski definition) is 6. The SMILES string of the molecule is COc1ccc2nc(N3CC(C(=O)NCc4ccncc4)C3)sc2c1. The van der Waals surface area contributed by atoms with Crippen LogP contribution in [0.15, 0.2) is 42.7 Å². The van der Waals surface area contributed by atoms with Crippen LogP contribution in [0.5, 0.6) is 5.75 Å². The van der Waals surface area contributed by atoms with Crippen LogP contribution in [0.25, 0.3) is 10.2 Å². The Bertz CT molecular complexity index is 890. The van der Waals surface area contributed by atoms with Gasteiger partial charge in [-0.2, -0.15) is 0 Å². The number of aromatic nitrogens is 2. The highest BCUT2D eigenvalue weighted by Gasteiger charge is 2.34. The van der Waals surface area contributed by atoms with E-state index in [4.69, 9.17) is 4.74 Å². The van der Waals surface area contributed by atoms with Crippen molar-refractivity contribution in [3.63, 3.8) is 0 Å². The second kappa shape index (κ2) is 6.68. The molecule has 1 aromatic carbocycles. The van der Waals surface area contributed by atoms with E-state index >= 15 is 0 Å². The monoisotopic (exact) mass is 354 g/mol. The van der Waals surface area contributed by atoms with Gasteiger partial charge < -0.3 is 15.0 Å². The van der Waals surface area contributed by atoms with E-state index in [1.165, 1.54) is 0 Å². The maximum absolute atomic E-state index is 12.2. The summed E-state index contributed by atoms with van der Waals surface area (Å²) in [5, 5.41) is 3.95. The number of nitrogens with one attached hydrogen (secondary N) is 1. The highest BCUT2D eigenvalue weighted by Crippen LogP contribution is 2.34. The van der Waals surface area contributed by atoms with Crippen molar-refractivity contribution in [2.45, 2.75) is 6.54 Å². The number of hydrogen-bond donors (Lipinski definition) is 1. The van der Waals surface area contributed by atoms with Gasteiger partial charge in [0.1, 0.15) is 5.75 Å². The molecule has 0 atom stereocenters. The van der Waals surface area contributed by atoms with Gasteiger partial charge >= 0.3 is 0 Å². The molecule has 1 N–H and O–H groups in total. The van der Waals surface area contributed by atoms with Gasteiger partial charge in [-0.05, 0) is 35.9 Å². The van der Waals surface area contributed by atoms with E-state index in [1.807, 2.05) is 30.3 Å². The average molecular weight is 354 g/mol. The van der Waals surface area contributed by atoms with Gasteiger partial charge in [-0.3, -0.25) is 9.78 Å². The lowest BCUT2D eigenvalue weighted by atomic mass is 10.00. The van der Waals surface area contributed by atoms with Gasteiger partial charge in [0, 0.05) is 32.0 Å². The van der Waals surface area contributed by atoms with Crippen molar-refractivity contribution >= 4 is 32.6 Å². The van der Waals surface area contributed by atoms with E-state index in [0.29, 0.717) is 19.6 Å². The minimum Gasteiger partial charge on any atom is -0.497 e. The third kappa shape index (κ3) is 3.28. The number of methoxy groups -OCH3 is 1. The Hall–Kier alpha value is -2.67. The number of rotatable bonds is 5. The zero-order valence-corrected chi connectivity index (χ0v) is 14.6. The van der Waals surface area contributed by atoms with E-state index in [-0.39, 0.29) is 11.8 Å². The van der Waals surface area contributed by atoms with Crippen LogP contribution in [0.3, 0.4) is 0 Å². The lowest BCUT2D eigenvalue weighted by molar-refractivity contribution is -0.125. The number of pyridine rings is 1. The molecular weight excluding hydrogens is 336 g/mol. The fraction of sp³-hybridized carbons (Fsp3) is 0.278. The fourth-order valence-electron chi connectivity index (χ4n) is 2.79. The molecule has 0 aliphatic carbocycles. The standard InChI is InChI=1S/C18H18N4O2S/c1-24-14-2-3-15-16(8-14)25-18(21-15)22-10-13(11-22)17(23)20-9-12-4-6-19-7-5-12/h2-8,13H,9-11H2,1H3,(H,20,23). The lowest BCUT2D eigenvalue weighted by Crippen LogP contribution is -2.53. The number of fused-ring (bicyclic) bond motifs is 1. The summed E-state index contributed by atoms with van der Waals surface area (Å²) in [7, 11) is 1.66. The maximum atomic E-state index is 12.2. The van der Waals surface area contributed by atoms with Crippen LogP contribution >= 0.6 is 11.3 Å². The molecule has 0 saturated carbocycles. The lowest BCUT2D eigenvalue weighted by Gasteiger charge is -2.37. The molecule has 1 aliphatic rings. The van der Waals surface area contributed by atoms with Gasteiger partial charge in [-0.15, -0.1) is 0 Å². The molecule has 0 radical (unpaired) electrons. The fourth-order valence-corrected chi connectivity index (χ4v) is 3.80. The maximum Gasteiger partial charge on any atom is 0.226 e. The van der Waals surface area contributed by atoms with Gasteiger partial charge in [-0.1, -0.05) is 11.3 Å². The number of carbonyl (C=O) groups is 1. The van der Waals surface area contributed by atoms with Crippen molar-refractivity contribution in [3.8, 4) is 5.75 Å². The van der Waals surface area contributed by atoms with Gasteiger partial charge in [0.15, 0.2) is 5.13 Å². The molecule has 1 fully saturated rings. The number of anilines is 1. The molecule has 2 aromatic heterocycles. The van der Waals surface area contributed by atoms with Crippen molar-refractivity contribution in [2.75, 3.05) is 25.1 Å². The summed E-state index contributed by atoms with van der Waals surface area (Å²) in [5.41, 5.74) is 2.02. The zero-order valence-electron chi connectivity index (χ0n) is 13.8. The molecule has 0 spiro atoms. The Morgan fingerprint density at radius 3 is 2.88 bits per heavy atom. The van der Waals surface area contributed by atoms with E-state index < -0.39 is 0 Å². The molecule has 6 nitrogen and oxygen atoms in total. The molecule has 1 aliphatic heterocycles. The van der Waals surface area contributed by atoms with E-state index in [0.717, 1.165) is 26.7 Å². The molecule has 4 rings (SSSR count). The Morgan fingerprint density at radius 1 is 1.32 bits per heavy atom. The van der Waals surface area contributed by atoms with Crippen LogP contribution in [0.4, 0.5) is 5.13 Å². The molecule has 1 amide bonds. The van der Waals surface area contributed by atoms with Gasteiger partial charge in [-0.25, -0.2) is 4.98 Å². The van der Waals surface area contributed by atoms with Gasteiger partial charge in [0.05, 0.1) is 23.2 Å². The topological polar surface area (TPSA) is 67.3 Å². The van der Waals surface area contributed by atoms with Crippen LogP contribution in [-0.2, 0) is 11.3 Å². The Kier molecular flexibility index (Phi) is 4.23. The predicted octanol–water partition coefficient (Wildman–Crippen LogP) is 2.45. The molecule has 0 bridgehead atoms. The quantitative estimate of drug-likeness (QED) is 0.762. The first kappa shape index (κ1) is 15.8. The molecule has 7 heteroatoms. The zero-order chi connectivity index (χ0) is 17.2. The van der Waals surface area contributed by atoms with Crippen molar-refractivity contribution < 1.29 is 9.53 Å². The molecule has 128 valence electrons. The third-order valence-corrected chi connectivity index (χ3v) is 5.40. The van der Waals surface area contributed by atoms with Crippen LogP contribution < -0.4 is 15.0 Å².